The molecule has 1 fully saturated rings. The van der Waals surface area contributed by atoms with Gasteiger partial charge >= 0.3 is 12.0 Å². The van der Waals surface area contributed by atoms with Crippen LogP contribution < -0.4 is 0 Å². The molecule has 0 radical (unpaired) electrons. The molecule has 0 spiro atoms. The number of methoxy groups -OCH3 is 1. The zero-order chi connectivity index (χ0) is 14.5. The van der Waals surface area contributed by atoms with E-state index < -0.39 is 28.4 Å². The van der Waals surface area contributed by atoms with Gasteiger partial charge in [-0.2, -0.15) is 0 Å². The minimum absolute atomic E-state index is 0.0794. The molecule has 8 nitrogen and oxygen atoms in total. The number of rotatable bonds is 5. The first-order valence-corrected chi connectivity index (χ1v) is 7.63. The first-order chi connectivity index (χ1) is 8.85. The zero-order valence-corrected chi connectivity index (χ0v) is 11.6. The molecule has 0 aliphatic carbocycles. The van der Waals surface area contributed by atoms with E-state index in [-0.39, 0.29) is 37.7 Å². The third-order valence-electron chi connectivity index (χ3n) is 2.78. The second kappa shape index (κ2) is 6.71. The summed E-state index contributed by atoms with van der Waals surface area (Å²) in [4.78, 5) is 25.3. The van der Waals surface area contributed by atoms with Crippen LogP contribution in [0.15, 0.2) is 0 Å². The molecule has 19 heavy (non-hydrogen) atoms. The Hall–Kier alpha value is -1.35. The van der Waals surface area contributed by atoms with Crippen molar-refractivity contribution < 1.29 is 27.9 Å². The summed E-state index contributed by atoms with van der Waals surface area (Å²) in [5.74, 6) is -1.28. The van der Waals surface area contributed by atoms with Gasteiger partial charge in [-0.25, -0.2) is 13.2 Å². The molecule has 1 aliphatic heterocycles. The molecule has 2 amide bonds. The average Bonchev–Trinajstić information content (AvgIpc) is 2.33. The predicted molar refractivity (Wildman–Crippen MR) is 66.7 cm³/mol. The predicted octanol–water partition coefficient (Wildman–Crippen LogP) is -1.13. The van der Waals surface area contributed by atoms with Crippen molar-refractivity contribution >= 4 is 21.8 Å². The van der Waals surface area contributed by atoms with Gasteiger partial charge in [0, 0.05) is 26.7 Å². The molecule has 1 rings (SSSR count). The van der Waals surface area contributed by atoms with Crippen LogP contribution >= 0.6 is 0 Å². The van der Waals surface area contributed by atoms with Crippen LogP contribution in [-0.2, 0) is 19.4 Å². The SMILES string of the molecule is COCCN(CC(=O)O)C(=O)N1CCS(=O)(=O)CC1. The van der Waals surface area contributed by atoms with Crippen molar-refractivity contribution in [3.8, 4) is 0 Å². The minimum Gasteiger partial charge on any atom is -0.480 e. The number of carboxylic acids is 1. The largest absolute Gasteiger partial charge is 0.480 e. The Labute approximate surface area is 111 Å². The number of ether oxygens (including phenoxy) is 1. The van der Waals surface area contributed by atoms with Gasteiger partial charge < -0.3 is 19.6 Å². The fraction of sp³-hybridized carbons (Fsp3) is 0.800. The lowest BCUT2D eigenvalue weighted by Gasteiger charge is -2.32. The van der Waals surface area contributed by atoms with Crippen molar-refractivity contribution in [3.05, 3.63) is 0 Å². The highest BCUT2D eigenvalue weighted by atomic mass is 32.2. The van der Waals surface area contributed by atoms with Crippen LogP contribution in [-0.4, -0.2) is 86.7 Å². The minimum atomic E-state index is -3.07. The number of amides is 2. The Morgan fingerprint density at radius 2 is 1.89 bits per heavy atom. The molecule has 0 atom stereocenters. The summed E-state index contributed by atoms with van der Waals surface area (Å²) in [6.07, 6.45) is 0. The molecule has 110 valence electrons. The second-order valence-electron chi connectivity index (χ2n) is 4.23. The van der Waals surface area contributed by atoms with E-state index in [9.17, 15) is 18.0 Å². The Bertz CT molecular complexity index is 421. The van der Waals surface area contributed by atoms with E-state index in [4.69, 9.17) is 9.84 Å². The molecule has 1 aliphatic rings. The number of hydrogen-bond acceptors (Lipinski definition) is 5. The molecule has 0 bridgehead atoms. The first kappa shape index (κ1) is 15.7. The van der Waals surface area contributed by atoms with E-state index in [1.165, 1.54) is 12.0 Å². The number of carbonyl (C=O) groups excluding carboxylic acids is 1. The summed E-state index contributed by atoms with van der Waals surface area (Å²) in [5, 5.41) is 8.76. The van der Waals surface area contributed by atoms with Gasteiger partial charge in [0.15, 0.2) is 9.84 Å². The van der Waals surface area contributed by atoms with Crippen LogP contribution in [0, 0.1) is 0 Å². The van der Waals surface area contributed by atoms with Crippen molar-refractivity contribution in [2.75, 3.05) is 51.4 Å². The number of sulfone groups is 1. The van der Waals surface area contributed by atoms with Crippen LogP contribution in [0.2, 0.25) is 0 Å². The van der Waals surface area contributed by atoms with Gasteiger partial charge in [0.25, 0.3) is 0 Å². The third-order valence-corrected chi connectivity index (χ3v) is 4.39. The molecule has 0 saturated carbocycles. The maximum atomic E-state index is 12.1. The first-order valence-electron chi connectivity index (χ1n) is 5.81. The summed E-state index contributed by atoms with van der Waals surface area (Å²) < 4.78 is 27.4. The number of hydrogen-bond donors (Lipinski definition) is 1. The average molecular weight is 294 g/mol. The summed E-state index contributed by atoms with van der Waals surface area (Å²) in [6.45, 7) is 0.163. The number of urea groups is 1. The van der Waals surface area contributed by atoms with Crippen molar-refractivity contribution in [3.63, 3.8) is 0 Å². The number of nitrogens with zero attached hydrogens (tertiary/aromatic N) is 2. The molecule has 1 N–H and O–H groups in total. The summed E-state index contributed by atoms with van der Waals surface area (Å²) in [5.41, 5.74) is 0. The highest BCUT2D eigenvalue weighted by molar-refractivity contribution is 7.91. The lowest BCUT2D eigenvalue weighted by atomic mass is 10.4. The molecule has 1 heterocycles. The van der Waals surface area contributed by atoms with E-state index in [1.807, 2.05) is 0 Å². The van der Waals surface area contributed by atoms with Crippen molar-refractivity contribution in [2.24, 2.45) is 0 Å². The van der Waals surface area contributed by atoms with Crippen molar-refractivity contribution in [1.82, 2.24) is 9.80 Å². The van der Waals surface area contributed by atoms with E-state index in [0.29, 0.717) is 0 Å². The van der Waals surface area contributed by atoms with Gasteiger partial charge in [-0.05, 0) is 0 Å². The van der Waals surface area contributed by atoms with Gasteiger partial charge in [0.2, 0.25) is 0 Å². The van der Waals surface area contributed by atoms with E-state index >= 15 is 0 Å². The Balaban J connectivity index is 2.63. The summed E-state index contributed by atoms with van der Waals surface area (Å²) in [7, 11) is -1.61. The van der Waals surface area contributed by atoms with Crippen LogP contribution in [0.25, 0.3) is 0 Å². The molecule has 0 aromatic heterocycles. The van der Waals surface area contributed by atoms with Gasteiger partial charge in [0.05, 0.1) is 18.1 Å². The van der Waals surface area contributed by atoms with Gasteiger partial charge in [-0.15, -0.1) is 0 Å². The zero-order valence-electron chi connectivity index (χ0n) is 10.7. The standard InChI is InChI=1S/C10H18N2O6S/c1-18-5-2-12(8-9(13)14)10(15)11-3-6-19(16,17)7-4-11/h2-8H2,1H3,(H,13,14). The van der Waals surface area contributed by atoms with Crippen molar-refractivity contribution in [1.29, 1.82) is 0 Å². The van der Waals surface area contributed by atoms with Gasteiger partial charge in [-0.3, -0.25) is 4.79 Å². The third kappa shape index (κ3) is 5.03. The number of aliphatic carboxylic acids is 1. The van der Waals surface area contributed by atoms with Crippen LogP contribution in [0.4, 0.5) is 4.79 Å². The monoisotopic (exact) mass is 294 g/mol. The Kier molecular flexibility index (Phi) is 5.55. The Morgan fingerprint density at radius 3 is 2.37 bits per heavy atom. The topological polar surface area (TPSA) is 104 Å². The molecule has 9 heteroatoms. The van der Waals surface area contributed by atoms with Crippen molar-refractivity contribution in [2.45, 2.75) is 0 Å². The lowest BCUT2D eigenvalue weighted by molar-refractivity contribution is -0.137. The van der Waals surface area contributed by atoms with Gasteiger partial charge in [-0.1, -0.05) is 0 Å². The van der Waals surface area contributed by atoms with E-state index in [0.717, 1.165) is 4.90 Å². The quantitative estimate of drug-likeness (QED) is 0.688. The molecular formula is C10H18N2O6S. The highest BCUT2D eigenvalue weighted by Crippen LogP contribution is 2.07. The maximum Gasteiger partial charge on any atom is 0.323 e. The van der Waals surface area contributed by atoms with E-state index in [2.05, 4.69) is 0 Å². The highest BCUT2D eigenvalue weighted by Gasteiger charge is 2.28. The fourth-order valence-electron chi connectivity index (χ4n) is 1.71. The molecule has 0 unspecified atom stereocenters. The smallest absolute Gasteiger partial charge is 0.323 e. The number of carbonyl (C=O) groups is 2. The van der Waals surface area contributed by atoms with Gasteiger partial charge in [0.1, 0.15) is 6.54 Å². The summed E-state index contributed by atoms with van der Waals surface area (Å²) >= 11 is 0. The molecule has 1 saturated heterocycles. The molecule has 0 aromatic rings. The molecule has 0 aromatic carbocycles. The van der Waals surface area contributed by atoms with Crippen LogP contribution in [0.5, 0.6) is 0 Å². The lowest BCUT2D eigenvalue weighted by Crippen LogP contribution is -2.51. The maximum absolute atomic E-state index is 12.1. The normalized spacial score (nSPS) is 18.1. The van der Waals surface area contributed by atoms with E-state index in [1.54, 1.807) is 0 Å². The summed E-state index contributed by atoms with van der Waals surface area (Å²) in [6, 6.07) is -0.464. The second-order valence-corrected chi connectivity index (χ2v) is 6.53. The van der Waals surface area contributed by atoms with Crippen LogP contribution in [0.3, 0.4) is 0 Å². The molecular weight excluding hydrogens is 276 g/mol. The van der Waals surface area contributed by atoms with Crippen LogP contribution in [0.1, 0.15) is 0 Å². The number of carboxylic acid groups (broad SMARTS) is 1. The Morgan fingerprint density at radius 1 is 1.32 bits per heavy atom. The fourth-order valence-corrected chi connectivity index (χ4v) is 2.91.